The summed E-state index contributed by atoms with van der Waals surface area (Å²) in [5.74, 6) is 1.01. The number of rotatable bonds is 11. The van der Waals surface area contributed by atoms with Gasteiger partial charge in [-0.15, -0.1) is 0 Å². The van der Waals surface area contributed by atoms with Crippen LogP contribution in [0.4, 0.5) is 5.82 Å². The second kappa shape index (κ2) is 11.6. The first-order valence-electron chi connectivity index (χ1n) is 12.4. The molecule has 0 radical (unpaired) electrons. The van der Waals surface area contributed by atoms with Gasteiger partial charge in [0.2, 0.25) is 9.84 Å². The summed E-state index contributed by atoms with van der Waals surface area (Å²) in [6, 6.07) is 14.9. The van der Waals surface area contributed by atoms with E-state index in [1.54, 1.807) is 54.6 Å². The Balaban J connectivity index is 1.39. The monoisotopic (exact) mass is 555 g/mol. The zero-order chi connectivity index (χ0) is 27.3. The van der Waals surface area contributed by atoms with Gasteiger partial charge in [-0.2, -0.15) is 0 Å². The molecule has 0 unspecified atom stereocenters. The molecule has 0 saturated carbocycles. The first-order valence-corrected chi connectivity index (χ1v) is 15.9. The fourth-order valence-electron chi connectivity index (χ4n) is 4.19. The van der Waals surface area contributed by atoms with Crippen LogP contribution < -0.4 is 5.73 Å². The number of nitrogens with two attached hydrogens (primary N) is 1. The van der Waals surface area contributed by atoms with Crippen LogP contribution >= 0.6 is 0 Å². The summed E-state index contributed by atoms with van der Waals surface area (Å²) < 4.78 is 48.4. The van der Waals surface area contributed by atoms with Gasteiger partial charge in [0.25, 0.3) is 0 Å². The van der Waals surface area contributed by atoms with Crippen LogP contribution in [0.1, 0.15) is 24.1 Å². The molecule has 0 atom stereocenters. The molecule has 0 saturated heterocycles. The number of benzene rings is 2. The van der Waals surface area contributed by atoms with Crippen LogP contribution in [0.15, 0.2) is 70.6 Å². The molecule has 38 heavy (non-hydrogen) atoms. The Hall–Kier alpha value is -3.28. The van der Waals surface area contributed by atoms with Crippen molar-refractivity contribution in [2.24, 2.45) is 0 Å². The van der Waals surface area contributed by atoms with Gasteiger partial charge in [-0.25, -0.2) is 26.8 Å². The Kier molecular flexibility index (Phi) is 8.49. The molecule has 9 nitrogen and oxygen atoms in total. The van der Waals surface area contributed by atoms with Crippen molar-refractivity contribution in [2.75, 3.05) is 44.4 Å². The number of sulfone groups is 2. The summed E-state index contributed by atoms with van der Waals surface area (Å²) >= 11 is 0. The van der Waals surface area contributed by atoms with E-state index >= 15 is 0 Å². The highest BCUT2D eigenvalue weighted by molar-refractivity contribution is 7.91. The van der Waals surface area contributed by atoms with Gasteiger partial charge < -0.3 is 15.5 Å². The summed E-state index contributed by atoms with van der Waals surface area (Å²) in [5, 5.41) is 0. The average Bonchev–Trinajstić information content (AvgIpc) is 2.90. The zero-order valence-corrected chi connectivity index (χ0v) is 23.2. The van der Waals surface area contributed by atoms with Crippen LogP contribution in [0.25, 0.3) is 17.5 Å². The van der Waals surface area contributed by atoms with Crippen LogP contribution in [0.3, 0.4) is 0 Å². The van der Waals surface area contributed by atoms with Crippen molar-refractivity contribution >= 4 is 31.6 Å². The minimum Gasteiger partial charge on any atom is -0.383 e. The number of hydrogen-bond donors (Lipinski definition) is 1. The van der Waals surface area contributed by atoms with Crippen LogP contribution in [-0.2, 0) is 26.2 Å². The summed E-state index contributed by atoms with van der Waals surface area (Å²) in [5.41, 5.74) is 8.55. The molecule has 1 aliphatic heterocycles. The molecule has 1 aliphatic rings. The number of fused-ring (bicyclic) bond motifs is 1. The van der Waals surface area contributed by atoms with Gasteiger partial charge in [-0.05, 0) is 68.9 Å². The Bertz CT molecular complexity index is 1510. The van der Waals surface area contributed by atoms with E-state index in [4.69, 9.17) is 10.7 Å². The lowest BCUT2D eigenvalue weighted by Crippen LogP contribution is -2.27. The van der Waals surface area contributed by atoms with E-state index in [9.17, 15) is 16.8 Å². The summed E-state index contributed by atoms with van der Waals surface area (Å²) in [4.78, 5) is 13.9. The minimum atomic E-state index is -3.61. The van der Waals surface area contributed by atoms with E-state index in [0.29, 0.717) is 30.3 Å². The van der Waals surface area contributed by atoms with Gasteiger partial charge >= 0.3 is 0 Å². The van der Waals surface area contributed by atoms with E-state index in [0.717, 1.165) is 37.2 Å². The van der Waals surface area contributed by atoms with Crippen molar-refractivity contribution in [3.63, 3.8) is 0 Å². The average molecular weight is 556 g/mol. The van der Waals surface area contributed by atoms with Gasteiger partial charge in [-0.3, -0.25) is 0 Å². The van der Waals surface area contributed by atoms with Crippen LogP contribution in [-0.4, -0.2) is 75.3 Å². The maximum atomic E-state index is 12.9. The van der Waals surface area contributed by atoms with E-state index in [1.807, 2.05) is 24.2 Å². The van der Waals surface area contributed by atoms with Crippen LogP contribution in [0.5, 0.6) is 0 Å². The number of nitrogen functional groups attached to an aromatic ring is 1. The number of aromatic nitrogens is 2. The third-order valence-electron chi connectivity index (χ3n) is 6.41. The third kappa shape index (κ3) is 6.97. The predicted octanol–water partition coefficient (Wildman–Crippen LogP) is 3.10. The maximum absolute atomic E-state index is 12.9. The fourth-order valence-corrected chi connectivity index (χ4v) is 6.12. The lowest BCUT2D eigenvalue weighted by molar-refractivity contribution is 0.312. The quantitative estimate of drug-likeness (QED) is 0.355. The Morgan fingerprint density at radius 3 is 2.29 bits per heavy atom. The molecular weight excluding hydrogens is 522 g/mol. The lowest BCUT2D eigenvalue weighted by atomic mass is 10.1. The highest BCUT2D eigenvalue weighted by Crippen LogP contribution is 2.28. The van der Waals surface area contributed by atoms with Crippen molar-refractivity contribution < 1.29 is 16.8 Å². The van der Waals surface area contributed by atoms with Crippen molar-refractivity contribution in [1.29, 1.82) is 0 Å². The smallest absolute Gasteiger partial charge is 0.206 e. The van der Waals surface area contributed by atoms with E-state index in [2.05, 4.69) is 9.88 Å². The first-order chi connectivity index (χ1) is 18.0. The highest BCUT2D eigenvalue weighted by atomic mass is 32.2. The predicted molar refractivity (Wildman–Crippen MR) is 150 cm³/mol. The summed E-state index contributed by atoms with van der Waals surface area (Å²) in [6.07, 6.45) is 7.08. The molecule has 0 amide bonds. The molecule has 4 rings (SSSR count). The second-order valence-corrected chi connectivity index (χ2v) is 13.8. The van der Waals surface area contributed by atoms with Gasteiger partial charge in [0.15, 0.2) is 5.82 Å². The molecule has 11 heteroatoms. The number of hydrogen-bond acceptors (Lipinski definition) is 9. The van der Waals surface area contributed by atoms with Crippen molar-refractivity contribution in [2.45, 2.75) is 29.2 Å². The highest BCUT2D eigenvalue weighted by Gasteiger charge is 2.20. The fraction of sp³-hybridized carbons (Fsp3) is 0.333. The SMILES string of the molecule is CN(CCCCN1C=Cc2c(N)nc(-c3ccc(S(=O)(=O)c4ccccc4)cc3)nc2C1)CCS(C)(=O)=O. The van der Waals surface area contributed by atoms with Gasteiger partial charge in [-0.1, -0.05) is 18.2 Å². The summed E-state index contributed by atoms with van der Waals surface area (Å²) in [7, 11) is -4.62. The Morgan fingerprint density at radius 2 is 1.61 bits per heavy atom. The molecule has 1 aromatic heterocycles. The first kappa shape index (κ1) is 27.7. The lowest BCUT2D eigenvalue weighted by Gasteiger charge is -2.26. The molecule has 3 aromatic rings. The largest absolute Gasteiger partial charge is 0.383 e. The molecule has 2 N–H and O–H groups in total. The van der Waals surface area contributed by atoms with Gasteiger partial charge in [0, 0.05) is 36.7 Å². The standard InChI is InChI=1S/C27H33N5O4S2/c1-31(18-19-37(2,33)34)15-6-7-16-32-17-14-24-25(20-32)29-27(30-26(24)28)21-10-12-23(13-11-21)38(35,36)22-8-4-3-5-9-22/h3-5,8-14,17H,6-7,15-16,18-20H2,1-2H3,(H2,28,29,30). The van der Waals surface area contributed by atoms with E-state index in [-0.39, 0.29) is 15.5 Å². The van der Waals surface area contributed by atoms with Crippen molar-refractivity contribution in [3.05, 3.63) is 72.1 Å². The molecule has 0 spiro atoms. The molecule has 202 valence electrons. The number of nitrogens with zero attached hydrogens (tertiary/aromatic N) is 4. The minimum absolute atomic E-state index is 0.171. The molecule has 0 fully saturated rings. The van der Waals surface area contributed by atoms with E-state index in [1.165, 1.54) is 6.26 Å². The maximum Gasteiger partial charge on any atom is 0.206 e. The zero-order valence-electron chi connectivity index (χ0n) is 21.6. The third-order valence-corrected chi connectivity index (χ3v) is 9.12. The van der Waals surface area contributed by atoms with E-state index < -0.39 is 19.7 Å². The van der Waals surface area contributed by atoms with Gasteiger partial charge in [0.05, 0.1) is 27.8 Å². The van der Waals surface area contributed by atoms with Crippen LogP contribution in [0.2, 0.25) is 0 Å². The normalized spacial score (nSPS) is 13.6. The summed E-state index contributed by atoms with van der Waals surface area (Å²) in [6.45, 7) is 2.80. The molecule has 2 heterocycles. The second-order valence-electron chi connectivity index (χ2n) is 9.56. The molecule has 0 bridgehead atoms. The molecule has 2 aromatic carbocycles. The van der Waals surface area contributed by atoms with Crippen molar-refractivity contribution in [3.8, 4) is 11.4 Å². The van der Waals surface area contributed by atoms with Gasteiger partial charge in [0.1, 0.15) is 15.7 Å². The number of anilines is 1. The Labute approximate surface area is 224 Å². The molecule has 0 aliphatic carbocycles. The van der Waals surface area contributed by atoms with Crippen LogP contribution in [0, 0.1) is 0 Å². The molecular formula is C27H33N5O4S2. The topological polar surface area (TPSA) is 127 Å². The van der Waals surface area contributed by atoms with Crippen molar-refractivity contribution in [1.82, 2.24) is 19.8 Å². The number of unbranched alkanes of at least 4 members (excludes halogenated alkanes) is 1. The Morgan fingerprint density at radius 1 is 0.921 bits per heavy atom.